The molecule has 0 aromatic heterocycles. The number of hydrogen-bond donors (Lipinski definition) is 4. The van der Waals surface area contributed by atoms with Gasteiger partial charge in [0.05, 0.1) is 11.1 Å². The van der Waals surface area contributed by atoms with Crippen LogP contribution in [0.25, 0.3) is 0 Å². The fourth-order valence-corrected chi connectivity index (χ4v) is 1.61. The Hall–Kier alpha value is -3.80. The van der Waals surface area contributed by atoms with Crippen molar-refractivity contribution in [2.45, 2.75) is 0 Å². The minimum absolute atomic E-state index is 0.0833. The molecule has 134 valence electrons. The molecule has 0 aliphatic heterocycles. The van der Waals surface area contributed by atoms with Crippen molar-refractivity contribution in [3.63, 3.8) is 0 Å². The molecule has 0 saturated heterocycles. The quantitative estimate of drug-likeness (QED) is 0.555. The molecule has 0 bridgehead atoms. The van der Waals surface area contributed by atoms with Crippen molar-refractivity contribution in [2.24, 2.45) is 0 Å². The van der Waals surface area contributed by atoms with Crippen molar-refractivity contribution in [1.29, 1.82) is 0 Å². The highest BCUT2D eigenvalue weighted by Crippen LogP contribution is 2.04. The molecule has 3 aromatic rings. The zero-order valence-electron chi connectivity index (χ0n) is 13.7. The summed E-state index contributed by atoms with van der Waals surface area (Å²) in [7, 11) is 0. The molecule has 6 nitrogen and oxygen atoms in total. The highest BCUT2D eigenvalue weighted by atomic mass is 16.4. The molecule has 6 heteroatoms. The van der Waals surface area contributed by atoms with Crippen LogP contribution >= 0.6 is 0 Å². The van der Waals surface area contributed by atoms with Gasteiger partial charge in [-0.3, -0.25) is 0 Å². The summed E-state index contributed by atoms with van der Waals surface area (Å²) < 4.78 is 0. The molecule has 0 fully saturated rings. The maximum atomic E-state index is 10.3. The third kappa shape index (κ3) is 8.16. The highest BCUT2D eigenvalue weighted by Gasteiger charge is 2.04. The van der Waals surface area contributed by atoms with Crippen molar-refractivity contribution in [3.8, 4) is 11.5 Å². The van der Waals surface area contributed by atoms with Gasteiger partial charge in [-0.1, -0.05) is 36.4 Å². The summed E-state index contributed by atoms with van der Waals surface area (Å²) in [5, 5.41) is 34.2. The molecule has 0 radical (unpaired) electrons. The zero-order valence-corrected chi connectivity index (χ0v) is 13.7. The van der Waals surface area contributed by atoms with E-state index in [2.05, 4.69) is 0 Å². The van der Waals surface area contributed by atoms with E-state index in [4.69, 9.17) is 20.4 Å². The number of para-hydroxylation sites is 2. The van der Waals surface area contributed by atoms with Crippen molar-refractivity contribution < 1.29 is 30.0 Å². The molecule has 3 rings (SSSR count). The number of rotatable bonds is 2. The third-order valence-corrected chi connectivity index (χ3v) is 2.89. The summed E-state index contributed by atoms with van der Waals surface area (Å²) >= 11 is 0. The Morgan fingerprint density at radius 2 is 0.769 bits per heavy atom. The van der Waals surface area contributed by atoms with Crippen LogP contribution in [0.3, 0.4) is 0 Å². The molecule has 0 heterocycles. The topological polar surface area (TPSA) is 115 Å². The van der Waals surface area contributed by atoms with E-state index in [1.54, 1.807) is 48.5 Å². The molecule has 0 aliphatic carbocycles. The first-order chi connectivity index (χ1) is 12.4. The van der Waals surface area contributed by atoms with Crippen LogP contribution in [-0.4, -0.2) is 32.4 Å². The van der Waals surface area contributed by atoms with Crippen LogP contribution in [0, 0.1) is 0 Å². The van der Waals surface area contributed by atoms with Gasteiger partial charge in [0, 0.05) is 0 Å². The van der Waals surface area contributed by atoms with E-state index in [1.807, 2.05) is 12.1 Å². The summed E-state index contributed by atoms with van der Waals surface area (Å²) in [6, 6.07) is 22.4. The number of carboxylic acid groups (broad SMARTS) is 2. The van der Waals surface area contributed by atoms with Crippen LogP contribution < -0.4 is 0 Å². The van der Waals surface area contributed by atoms with E-state index < -0.39 is 11.9 Å². The summed E-state index contributed by atoms with van der Waals surface area (Å²) in [4.78, 5) is 20.7. The Balaban J connectivity index is 0.000000207. The van der Waals surface area contributed by atoms with Crippen LogP contribution in [-0.2, 0) is 0 Å². The lowest BCUT2D eigenvalue weighted by atomic mass is 10.1. The SMILES string of the molecule is O=C(O)c1ccc(C(=O)O)cc1.Oc1ccccc1.Oc1ccccc1. The van der Waals surface area contributed by atoms with E-state index in [-0.39, 0.29) is 11.1 Å². The number of carbonyl (C=O) groups is 2. The Labute approximate surface area is 150 Å². The first kappa shape index (κ1) is 20.2. The standard InChI is InChI=1S/C8H6O4.2C6H6O/c9-7(10)5-1-2-6(4-3-5)8(11)12;2*7-6-4-2-1-3-5-6/h1-4H,(H,9,10)(H,11,12);2*1-5,7H. The molecular formula is C20H18O6. The molecule has 3 aromatic carbocycles. The Bertz CT molecular complexity index is 728. The maximum Gasteiger partial charge on any atom is 0.335 e. The monoisotopic (exact) mass is 354 g/mol. The molecule has 4 N–H and O–H groups in total. The number of carboxylic acids is 2. The van der Waals surface area contributed by atoms with E-state index in [9.17, 15) is 9.59 Å². The minimum atomic E-state index is -1.06. The van der Waals surface area contributed by atoms with Crippen molar-refractivity contribution in [2.75, 3.05) is 0 Å². The van der Waals surface area contributed by atoms with Crippen molar-refractivity contribution >= 4 is 11.9 Å². The molecule has 26 heavy (non-hydrogen) atoms. The van der Waals surface area contributed by atoms with Gasteiger partial charge in [-0.2, -0.15) is 0 Å². The second-order valence-corrected chi connectivity index (χ2v) is 4.86. The minimum Gasteiger partial charge on any atom is -0.508 e. The molecule has 0 amide bonds. The molecular weight excluding hydrogens is 336 g/mol. The van der Waals surface area contributed by atoms with Crippen molar-refractivity contribution in [1.82, 2.24) is 0 Å². The van der Waals surface area contributed by atoms with Gasteiger partial charge in [0.1, 0.15) is 11.5 Å². The van der Waals surface area contributed by atoms with E-state index >= 15 is 0 Å². The van der Waals surface area contributed by atoms with Gasteiger partial charge in [-0.15, -0.1) is 0 Å². The maximum absolute atomic E-state index is 10.3. The largest absolute Gasteiger partial charge is 0.508 e. The van der Waals surface area contributed by atoms with E-state index in [0.717, 1.165) is 0 Å². The summed E-state index contributed by atoms with van der Waals surface area (Å²) in [5.41, 5.74) is 0.167. The summed E-state index contributed by atoms with van der Waals surface area (Å²) in [6.45, 7) is 0. The molecule has 0 aliphatic rings. The van der Waals surface area contributed by atoms with Crippen LogP contribution in [0.1, 0.15) is 20.7 Å². The van der Waals surface area contributed by atoms with Crippen LogP contribution in [0.5, 0.6) is 11.5 Å². The summed E-state index contributed by atoms with van der Waals surface area (Å²) in [6.07, 6.45) is 0. The van der Waals surface area contributed by atoms with Gasteiger partial charge < -0.3 is 20.4 Å². The lowest BCUT2D eigenvalue weighted by molar-refractivity contribution is 0.0681. The zero-order chi connectivity index (χ0) is 19.4. The molecule has 0 unspecified atom stereocenters. The Morgan fingerprint density at radius 1 is 0.500 bits per heavy atom. The van der Waals surface area contributed by atoms with Gasteiger partial charge in [0.25, 0.3) is 0 Å². The second kappa shape index (κ2) is 10.9. The fraction of sp³-hybridized carbons (Fsp3) is 0. The van der Waals surface area contributed by atoms with Gasteiger partial charge in [0.15, 0.2) is 0 Å². The summed E-state index contributed by atoms with van der Waals surface area (Å²) in [5.74, 6) is -1.48. The second-order valence-electron chi connectivity index (χ2n) is 4.86. The van der Waals surface area contributed by atoms with Gasteiger partial charge in [-0.25, -0.2) is 9.59 Å². The van der Waals surface area contributed by atoms with E-state index in [0.29, 0.717) is 11.5 Å². The number of hydrogen-bond acceptors (Lipinski definition) is 4. The van der Waals surface area contributed by atoms with Crippen LogP contribution in [0.2, 0.25) is 0 Å². The number of aromatic carboxylic acids is 2. The molecule has 0 saturated carbocycles. The molecule has 0 spiro atoms. The Kier molecular flexibility index (Phi) is 8.47. The average Bonchev–Trinajstić information content (AvgIpc) is 2.64. The first-order valence-electron chi connectivity index (χ1n) is 7.45. The van der Waals surface area contributed by atoms with Crippen molar-refractivity contribution in [3.05, 3.63) is 96.1 Å². The number of benzene rings is 3. The lowest BCUT2D eigenvalue weighted by Gasteiger charge is -1.94. The predicted molar refractivity (Wildman–Crippen MR) is 96.6 cm³/mol. The average molecular weight is 354 g/mol. The first-order valence-corrected chi connectivity index (χ1v) is 7.45. The number of phenols is 2. The fourth-order valence-electron chi connectivity index (χ4n) is 1.61. The number of phenolic OH excluding ortho intramolecular Hbond substituents is 2. The predicted octanol–water partition coefficient (Wildman–Crippen LogP) is 3.87. The van der Waals surface area contributed by atoms with Gasteiger partial charge in [-0.05, 0) is 48.5 Å². The number of aromatic hydroxyl groups is 2. The Morgan fingerprint density at radius 3 is 0.923 bits per heavy atom. The van der Waals surface area contributed by atoms with Gasteiger partial charge in [0.2, 0.25) is 0 Å². The lowest BCUT2D eigenvalue weighted by Crippen LogP contribution is -1.99. The van der Waals surface area contributed by atoms with Crippen LogP contribution in [0.4, 0.5) is 0 Å². The van der Waals surface area contributed by atoms with Crippen LogP contribution in [0.15, 0.2) is 84.9 Å². The molecule has 0 atom stereocenters. The normalized spacial score (nSPS) is 8.92. The third-order valence-electron chi connectivity index (χ3n) is 2.89. The highest BCUT2D eigenvalue weighted by molar-refractivity contribution is 5.91. The smallest absolute Gasteiger partial charge is 0.335 e. The van der Waals surface area contributed by atoms with Gasteiger partial charge >= 0.3 is 11.9 Å². The van der Waals surface area contributed by atoms with E-state index in [1.165, 1.54) is 24.3 Å².